The van der Waals surface area contributed by atoms with Crippen molar-refractivity contribution < 1.29 is 27.9 Å². The van der Waals surface area contributed by atoms with Crippen molar-refractivity contribution in [2.45, 2.75) is 38.6 Å². The zero-order valence-corrected chi connectivity index (χ0v) is 21.2. The summed E-state index contributed by atoms with van der Waals surface area (Å²) in [7, 11) is 0. The van der Waals surface area contributed by atoms with E-state index in [1.807, 2.05) is 4.40 Å². The molecule has 12 heteroatoms. The molecule has 0 spiro atoms. The quantitative estimate of drug-likeness (QED) is 0.361. The van der Waals surface area contributed by atoms with Gasteiger partial charge in [0.1, 0.15) is 11.6 Å². The van der Waals surface area contributed by atoms with Gasteiger partial charge in [-0.25, -0.2) is 9.97 Å². The number of carbonyl (C=O) groups is 2. The Bertz CT molecular complexity index is 1650. The Balaban J connectivity index is 1.48. The third kappa shape index (κ3) is 5.11. The molecule has 0 bridgehead atoms. The highest BCUT2D eigenvalue weighted by molar-refractivity contribution is 6.04. The van der Waals surface area contributed by atoms with E-state index in [0.29, 0.717) is 41.3 Å². The Morgan fingerprint density at radius 2 is 1.93 bits per heavy atom. The van der Waals surface area contributed by atoms with Gasteiger partial charge in [0.2, 0.25) is 0 Å². The molecule has 4 aromatic rings. The van der Waals surface area contributed by atoms with Crippen molar-refractivity contribution in [2.75, 3.05) is 11.9 Å². The number of anilines is 1. The predicted molar refractivity (Wildman–Crippen MR) is 139 cm³/mol. The van der Waals surface area contributed by atoms with Gasteiger partial charge in [-0.2, -0.15) is 13.2 Å². The number of likely N-dealkylation sites (tertiary alicyclic amines) is 1. The maximum atomic E-state index is 13.0. The zero-order valence-electron chi connectivity index (χ0n) is 21.2. The number of fused-ring (bicyclic) bond motifs is 1. The second-order valence-electron chi connectivity index (χ2n) is 9.06. The molecule has 1 saturated heterocycles. The van der Waals surface area contributed by atoms with E-state index in [9.17, 15) is 27.9 Å². The van der Waals surface area contributed by atoms with Gasteiger partial charge in [0.05, 0.1) is 35.1 Å². The summed E-state index contributed by atoms with van der Waals surface area (Å²) < 4.78 is 40.8. The number of carbonyl (C=O) groups excluding carboxylic acids is 2. The number of aromatic nitrogens is 4. The van der Waals surface area contributed by atoms with E-state index in [4.69, 9.17) is 4.98 Å². The maximum Gasteiger partial charge on any atom is 0.416 e. The van der Waals surface area contributed by atoms with Crippen LogP contribution < -0.4 is 5.32 Å². The van der Waals surface area contributed by atoms with Gasteiger partial charge in [-0.1, -0.05) is 18.1 Å². The van der Waals surface area contributed by atoms with Crippen LogP contribution in [0.3, 0.4) is 0 Å². The van der Waals surface area contributed by atoms with Gasteiger partial charge < -0.3 is 15.3 Å². The van der Waals surface area contributed by atoms with Crippen molar-refractivity contribution in [1.29, 1.82) is 0 Å². The number of hydrogen-bond acceptors (Lipinski definition) is 6. The largest absolute Gasteiger partial charge is 0.416 e. The van der Waals surface area contributed by atoms with Crippen molar-refractivity contribution in [2.24, 2.45) is 0 Å². The highest BCUT2D eigenvalue weighted by atomic mass is 19.4. The Hall–Kier alpha value is -4.76. The number of imidazole rings is 1. The van der Waals surface area contributed by atoms with Crippen LogP contribution in [0, 0.1) is 11.8 Å². The average molecular weight is 549 g/mol. The number of nitrogens with one attached hydrogen (secondary N) is 1. The molecule has 2 N–H and O–H groups in total. The summed E-state index contributed by atoms with van der Waals surface area (Å²) in [5.41, 5.74) is 1.33. The standard InChI is InChI=1S/C28H23F3N6O3/c1-2-4-23(39)36-13-3-5-21(36)26-35-24(25-20(16-38)32-12-14-37(25)26)17-6-8-18(9-7-17)27(40)34-22-15-19(10-11-33-22)28(29,30)31/h6-12,14-15,21,38H,3,5,13,16H2,1H3,(H,33,34,40)/t21-/m0/s1. The number of aliphatic hydroxyl groups excluding tert-OH is 1. The Morgan fingerprint density at radius 3 is 2.62 bits per heavy atom. The van der Waals surface area contributed by atoms with Crippen LogP contribution in [0.2, 0.25) is 0 Å². The van der Waals surface area contributed by atoms with Crippen LogP contribution in [0.5, 0.6) is 0 Å². The van der Waals surface area contributed by atoms with Crippen molar-refractivity contribution in [3.05, 3.63) is 77.6 Å². The number of benzene rings is 1. The summed E-state index contributed by atoms with van der Waals surface area (Å²) in [4.78, 5) is 40.0. The predicted octanol–water partition coefficient (Wildman–Crippen LogP) is 4.24. The van der Waals surface area contributed by atoms with Crippen molar-refractivity contribution >= 4 is 23.1 Å². The Morgan fingerprint density at radius 1 is 1.15 bits per heavy atom. The number of rotatable bonds is 5. The second-order valence-corrected chi connectivity index (χ2v) is 9.06. The smallest absolute Gasteiger partial charge is 0.390 e. The molecule has 40 heavy (non-hydrogen) atoms. The van der Waals surface area contributed by atoms with E-state index in [-0.39, 0.29) is 29.9 Å². The summed E-state index contributed by atoms with van der Waals surface area (Å²) in [6, 6.07) is 7.58. The molecule has 0 unspecified atom stereocenters. The second kappa shape index (κ2) is 10.8. The number of amides is 2. The Kier molecular flexibility index (Phi) is 7.23. The molecular weight excluding hydrogens is 525 g/mol. The fraction of sp³-hybridized carbons (Fsp3) is 0.250. The lowest BCUT2D eigenvalue weighted by molar-refractivity contribution is -0.137. The molecule has 1 aliphatic rings. The minimum atomic E-state index is -4.56. The lowest BCUT2D eigenvalue weighted by atomic mass is 10.1. The van der Waals surface area contributed by atoms with Crippen LogP contribution in [-0.2, 0) is 17.6 Å². The van der Waals surface area contributed by atoms with Gasteiger partial charge in [-0.05, 0) is 50.0 Å². The highest BCUT2D eigenvalue weighted by Gasteiger charge is 2.34. The molecule has 3 aromatic heterocycles. The molecule has 9 nitrogen and oxygen atoms in total. The lowest BCUT2D eigenvalue weighted by Crippen LogP contribution is -2.30. The number of halogens is 3. The zero-order chi connectivity index (χ0) is 28.4. The average Bonchev–Trinajstić information content (AvgIpc) is 3.58. The number of alkyl halides is 3. The maximum absolute atomic E-state index is 13.0. The third-order valence-corrected chi connectivity index (χ3v) is 6.60. The monoisotopic (exact) mass is 548 g/mol. The van der Waals surface area contributed by atoms with Crippen LogP contribution in [0.15, 0.2) is 55.0 Å². The molecule has 0 aliphatic carbocycles. The van der Waals surface area contributed by atoms with Gasteiger partial charge in [-0.3, -0.25) is 19.0 Å². The van der Waals surface area contributed by atoms with Crippen LogP contribution in [-0.4, -0.2) is 47.7 Å². The molecule has 5 rings (SSSR count). The van der Waals surface area contributed by atoms with Crippen LogP contribution in [0.1, 0.15) is 53.2 Å². The molecule has 204 valence electrons. The Labute approximate surface area is 226 Å². The molecule has 0 radical (unpaired) electrons. The summed E-state index contributed by atoms with van der Waals surface area (Å²) in [6.07, 6.45) is 1.16. The topological polar surface area (TPSA) is 113 Å². The first kappa shape index (κ1) is 26.8. The first-order valence-corrected chi connectivity index (χ1v) is 12.4. The van der Waals surface area contributed by atoms with Crippen molar-refractivity contribution in [3.8, 4) is 23.1 Å². The van der Waals surface area contributed by atoms with Crippen molar-refractivity contribution in [1.82, 2.24) is 24.3 Å². The van der Waals surface area contributed by atoms with Crippen LogP contribution in [0.25, 0.3) is 16.8 Å². The molecule has 1 aromatic carbocycles. The van der Waals surface area contributed by atoms with Crippen LogP contribution in [0.4, 0.5) is 19.0 Å². The number of aliphatic hydroxyl groups is 1. The van der Waals surface area contributed by atoms with Crippen LogP contribution >= 0.6 is 0 Å². The number of nitrogens with zero attached hydrogens (tertiary/aromatic N) is 5. The summed E-state index contributed by atoms with van der Waals surface area (Å²) in [6.45, 7) is 1.80. The van der Waals surface area contributed by atoms with E-state index < -0.39 is 17.6 Å². The SMILES string of the molecule is CC#CC(=O)N1CCC[C@H]1c1nc(-c2ccc(C(=O)Nc3cc(C(F)(F)F)ccn3)cc2)c2c(CO)nccn12. The molecule has 1 atom stereocenters. The van der Waals surface area contributed by atoms with E-state index in [1.165, 1.54) is 12.1 Å². The lowest BCUT2D eigenvalue weighted by Gasteiger charge is -2.21. The summed E-state index contributed by atoms with van der Waals surface area (Å²) in [5.74, 6) is 4.69. The van der Waals surface area contributed by atoms with E-state index >= 15 is 0 Å². The fourth-order valence-electron chi connectivity index (χ4n) is 4.78. The molecular formula is C28H23F3N6O3. The first-order chi connectivity index (χ1) is 19.2. The number of pyridine rings is 1. The van der Waals surface area contributed by atoms with E-state index in [1.54, 1.807) is 36.4 Å². The molecule has 1 fully saturated rings. The van der Waals surface area contributed by atoms with Gasteiger partial charge in [0, 0.05) is 36.3 Å². The fourth-order valence-corrected chi connectivity index (χ4v) is 4.78. The van der Waals surface area contributed by atoms with E-state index in [2.05, 4.69) is 27.1 Å². The van der Waals surface area contributed by atoms with E-state index in [0.717, 1.165) is 24.8 Å². The normalized spacial score (nSPS) is 15.1. The van der Waals surface area contributed by atoms with Gasteiger partial charge >= 0.3 is 6.18 Å². The molecule has 0 saturated carbocycles. The van der Waals surface area contributed by atoms with Gasteiger partial charge in [0.25, 0.3) is 11.8 Å². The number of hydrogen-bond donors (Lipinski definition) is 2. The highest BCUT2D eigenvalue weighted by Crippen LogP contribution is 2.36. The molecule has 4 heterocycles. The minimum absolute atomic E-state index is 0.193. The molecule has 2 amide bonds. The van der Waals surface area contributed by atoms with Crippen molar-refractivity contribution in [3.63, 3.8) is 0 Å². The minimum Gasteiger partial charge on any atom is -0.390 e. The van der Waals surface area contributed by atoms with Gasteiger partial charge in [-0.15, -0.1) is 0 Å². The van der Waals surface area contributed by atoms with Gasteiger partial charge in [0.15, 0.2) is 0 Å². The first-order valence-electron chi connectivity index (χ1n) is 12.4. The summed E-state index contributed by atoms with van der Waals surface area (Å²) >= 11 is 0. The molecule has 1 aliphatic heterocycles. The summed E-state index contributed by atoms with van der Waals surface area (Å²) in [5, 5.41) is 12.4. The third-order valence-electron chi connectivity index (χ3n) is 6.60.